The van der Waals surface area contributed by atoms with E-state index >= 15 is 0 Å². The van der Waals surface area contributed by atoms with E-state index in [1.165, 1.54) is 17.4 Å². The molecule has 0 aliphatic carbocycles. The molecule has 0 aliphatic heterocycles. The highest BCUT2D eigenvalue weighted by atomic mass is 35.5. The van der Waals surface area contributed by atoms with Gasteiger partial charge < -0.3 is 9.15 Å². The van der Waals surface area contributed by atoms with Gasteiger partial charge in [-0.25, -0.2) is 9.78 Å². The molecule has 168 valence electrons. The lowest BCUT2D eigenvalue weighted by molar-refractivity contribution is -0.111. The van der Waals surface area contributed by atoms with E-state index < -0.39 is 5.97 Å². The summed E-state index contributed by atoms with van der Waals surface area (Å²) in [5.74, 6) is 0.293. The SMILES string of the molecule is CC(C)OC(=O)c1ccc2nc(NC(=O)/C=C/c3ccc(-c4ccc(Cl)cc4Cl)o3)sc2c1. The summed E-state index contributed by atoms with van der Waals surface area (Å²) in [6.45, 7) is 3.58. The molecule has 0 atom stereocenters. The van der Waals surface area contributed by atoms with Crippen molar-refractivity contribution < 1.29 is 18.7 Å². The van der Waals surface area contributed by atoms with Crippen LogP contribution in [0.4, 0.5) is 5.13 Å². The van der Waals surface area contributed by atoms with Crippen LogP contribution in [-0.4, -0.2) is 23.0 Å². The van der Waals surface area contributed by atoms with Gasteiger partial charge in [0.1, 0.15) is 11.5 Å². The predicted molar refractivity (Wildman–Crippen MR) is 132 cm³/mol. The van der Waals surface area contributed by atoms with Gasteiger partial charge in [-0.2, -0.15) is 0 Å². The van der Waals surface area contributed by atoms with Crippen molar-refractivity contribution in [2.75, 3.05) is 5.32 Å². The molecule has 0 spiro atoms. The fraction of sp³-hybridized carbons (Fsp3) is 0.125. The number of hydrogen-bond acceptors (Lipinski definition) is 6. The Labute approximate surface area is 203 Å². The number of thiazole rings is 1. The molecule has 0 saturated heterocycles. The highest BCUT2D eigenvalue weighted by Crippen LogP contribution is 2.32. The van der Waals surface area contributed by atoms with Crippen LogP contribution in [0.3, 0.4) is 0 Å². The van der Waals surface area contributed by atoms with Gasteiger partial charge in [-0.15, -0.1) is 0 Å². The highest BCUT2D eigenvalue weighted by molar-refractivity contribution is 7.22. The van der Waals surface area contributed by atoms with Crippen molar-refractivity contribution in [1.82, 2.24) is 4.98 Å². The second-order valence-electron chi connectivity index (χ2n) is 7.30. The van der Waals surface area contributed by atoms with Crippen LogP contribution < -0.4 is 5.32 Å². The van der Waals surface area contributed by atoms with Gasteiger partial charge in [-0.05, 0) is 68.5 Å². The van der Waals surface area contributed by atoms with Crippen molar-refractivity contribution >= 4 is 67.8 Å². The summed E-state index contributed by atoms with van der Waals surface area (Å²) in [6.07, 6.45) is 2.70. The Bertz CT molecular complexity index is 1370. The van der Waals surface area contributed by atoms with Gasteiger partial charge in [0.2, 0.25) is 5.91 Å². The Morgan fingerprint density at radius 2 is 1.94 bits per heavy atom. The number of rotatable bonds is 6. The molecule has 0 unspecified atom stereocenters. The fourth-order valence-electron chi connectivity index (χ4n) is 2.97. The van der Waals surface area contributed by atoms with Crippen molar-refractivity contribution in [3.63, 3.8) is 0 Å². The van der Waals surface area contributed by atoms with E-state index in [-0.39, 0.29) is 12.0 Å². The lowest BCUT2D eigenvalue weighted by atomic mass is 10.2. The normalized spacial score (nSPS) is 11.4. The third kappa shape index (κ3) is 5.63. The van der Waals surface area contributed by atoms with Crippen LogP contribution >= 0.6 is 34.5 Å². The Kier molecular flexibility index (Phi) is 6.83. The molecule has 4 aromatic rings. The first kappa shape index (κ1) is 23.0. The number of esters is 1. The summed E-state index contributed by atoms with van der Waals surface area (Å²) < 4.78 is 11.7. The van der Waals surface area contributed by atoms with Crippen molar-refractivity contribution in [3.05, 3.63) is 76.0 Å². The Morgan fingerprint density at radius 3 is 2.70 bits per heavy atom. The number of carbonyl (C=O) groups excluding carboxylic acids is 2. The van der Waals surface area contributed by atoms with E-state index in [2.05, 4.69) is 10.3 Å². The number of hydrogen-bond donors (Lipinski definition) is 1. The van der Waals surface area contributed by atoms with Crippen molar-refractivity contribution in [3.8, 4) is 11.3 Å². The monoisotopic (exact) mass is 500 g/mol. The van der Waals surface area contributed by atoms with Crippen molar-refractivity contribution in [2.24, 2.45) is 0 Å². The number of carbonyl (C=O) groups is 2. The molecule has 0 fully saturated rings. The van der Waals surface area contributed by atoms with Gasteiger partial charge in [0, 0.05) is 16.7 Å². The van der Waals surface area contributed by atoms with Crippen LogP contribution in [-0.2, 0) is 9.53 Å². The standard InChI is InChI=1S/C24H18Cl2N2O4S/c1-13(2)31-23(30)14-3-8-19-21(11-14)33-24(27-19)28-22(29)10-6-16-5-9-20(32-16)17-7-4-15(25)12-18(17)26/h3-13H,1-2H3,(H,27,28,29)/b10-6+. The third-order valence-corrected chi connectivity index (χ3v) is 5.90. The minimum Gasteiger partial charge on any atom is -0.459 e. The summed E-state index contributed by atoms with van der Waals surface area (Å²) in [4.78, 5) is 28.8. The molecule has 1 N–H and O–H groups in total. The number of halogens is 2. The summed E-state index contributed by atoms with van der Waals surface area (Å²) >= 11 is 13.4. The maximum absolute atomic E-state index is 12.3. The van der Waals surface area contributed by atoms with E-state index in [0.29, 0.717) is 43.3 Å². The second-order valence-corrected chi connectivity index (χ2v) is 9.18. The van der Waals surface area contributed by atoms with E-state index in [0.717, 1.165) is 4.70 Å². The molecule has 6 nitrogen and oxygen atoms in total. The van der Waals surface area contributed by atoms with Crippen LogP contribution in [0.25, 0.3) is 27.6 Å². The van der Waals surface area contributed by atoms with Crippen LogP contribution in [0.1, 0.15) is 30.0 Å². The van der Waals surface area contributed by atoms with Crippen LogP contribution in [0, 0.1) is 0 Å². The van der Waals surface area contributed by atoms with Crippen molar-refractivity contribution in [2.45, 2.75) is 20.0 Å². The first-order valence-electron chi connectivity index (χ1n) is 9.94. The number of nitrogens with one attached hydrogen (secondary N) is 1. The minimum absolute atomic E-state index is 0.204. The van der Waals surface area contributed by atoms with E-state index in [9.17, 15) is 9.59 Å². The van der Waals surface area contributed by atoms with E-state index in [4.69, 9.17) is 32.4 Å². The molecular formula is C24H18Cl2N2O4S. The van der Waals surface area contributed by atoms with Gasteiger partial charge in [-0.1, -0.05) is 34.5 Å². The predicted octanol–water partition coefficient (Wildman–Crippen LogP) is 7.08. The molecule has 2 aromatic carbocycles. The number of ether oxygens (including phenoxy) is 1. The number of benzene rings is 2. The number of amides is 1. The number of furan rings is 1. The number of anilines is 1. The maximum atomic E-state index is 12.3. The van der Waals surface area contributed by atoms with Gasteiger partial charge in [0.25, 0.3) is 0 Å². The molecular weight excluding hydrogens is 483 g/mol. The average molecular weight is 501 g/mol. The molecule has 4 rings (SSSR count). The first-order valence-corrected chi connectivity index (χ1v) is 11.5. The fourth-order valence-corrected chi connectivity index (χ4v) is 4.38. The third-order valence-electron chi connectivity index (χ3n) is 4.42. The van der Waals surface area contributed by atoms with Gasteiger partial charge in [-0.3, -0.25) is 10.1 Å². The van der Waals surface area contributed by atoms with Crippen molar-refractivity contribution in [1.29, 1.82) is 0 Å². The van der Waals surface area contributed by atoms with Crippen LogP contribution in [0.5, 0.6) is 0 Å². The summed E-state index contributed by atoms with van der Waals surface area (Å²) in [5.41, 5.74) is 1.82. The smallest absolute Gasteiger partial charge is 0.338 e. The molecule has 1 amide bonds. The maximum Gasteiger partial charge on any atom is 0.338 e. The molecule has 2 heterocycles. The Morgan fingerprint density at radius 1 is 1.12 bits per heavy atom. The molecule has 0 aliphatic rings. The quantitative estimate of drug-likeness (QED) is 0.226. The topological polar surface area (TPSA) is 81.4 Å². The molecule has 9 heteroatoms. The molecule has 0 bridgehead atoms. The van der Waals surface area contributed by atoms with Gasteiger partial charge >= 0.3 is 5.97 Å². The van der Waals surface area contributed by atoms with Crippen LogP contribution in [0.2, 0.25) is 10.0 Å². The summed E-state index contributed by atoms with van der Waals surface area (Å²) in [6, 6.07) is 13.7. The van der Waals surface area contributed by atoms with E-state index in [1.54, 1.807) is 68.5 Å². The van der Waals surface area contributed by atoms with Crippen LogP contribution in [0.15, 0.2) is 59.0 Å². The zero-order valence-corrected chi connectivity index (χ0v) is 19.9. The number of aromatic nitrogens is 1. The van der Waals surface area contributed by atoms with E-state index in [1.807, 2.05) is 0 Å². The number of nitrogens with zero attached hydrogens (tertiary/aromatic N) is 1. The zero-order chi connectivity index (χ0) is 23.5. The minimum atomic E-state index is -0.397. The highest BCUT2D eigenvalue weighted by Gasteiger charge is 2.13. The molecule has 33 heavy (non-hydrogen) atoms. The molecule has 0 radical (unpaired) electrons. The first-order chi connectivity index (χ1) is 15.8. The van der Waals surface area contributed by atoms with Gasteiger partial charge in [0.15, 0.2) is 5.13 Å². The zero-order valence-electron chi connectivity index (χ0n) is 17.6. The second kappa shape index (κ2) is 9.79. The van der Waals surface area contributed by atoms with Gasteiger partial charge in [0.05, 0.1) is 26.9 Å². The molecule has 0 saturated carbocycles. The lowest BCUT2D eigenvalue weighted by Gasteiger charge is -2.07. The average Bonchev–Trinajstić information content (AvgIpc) is 3.37. The summed E-state index contributed by atoms with van der Waals surface area (Å²) in [7, 11) is 0. The lowest BCUT2D eigenvalue weighted by Crippen LogP contribution is -2.11. The Hall–Kier alpha value is -3.13. The molecule has 2 aromatic heterocycles. The largest absolute Gasteiger partial charge is 0.459 e. The number of fused-ring (bicyclic) bond motifs is 1. The summed E-state index contributed by atoms with van der Waals surface area (Å²) in [5, 5.41) is 4.15. The Balaban J connectivity index is 1.43.